The molecule has 0 spiro atoms. The van der Waals surface area contributed by atoms with Crippen LogP contribution < -0.4 is 20.3 Å². The molecule has 2 aromatic carbocycles. The molecule has 2 N–H and O–H groups in total. The summed E-state index contributed by atoms with van der Waals surface area (Å²) in [4.78, 5) is 31.5. The van der Waals surface area contributed by atoms with Gasteiger partial charge in [-0.3, -0.25) is 9.78 Å². The topological polar surface area (TPSA) is 83.6 Å². The molecule has 1 aliphatic rings. The maximum atomic E-state index is 12.7. The van der Waals surface area contributed by atoms with Gasteiger partial charge in [-0.15, -0.1) is 0 Å². The number of fused-ring (bicyclic) bond motifs is 2. The number of anilines is 1. The number of nitrogens with one attached hydrogen (secondary N) is 2. The minimum absolute atomic E-state index is 0.0219. The highest BCUT2D eigenvalue weighted by Gasteiger charge is 2.35. The molecule has 7 nitrogen and oxygen atoms in total. The van der Waals surface area contributed by atoms with Gasteiger partial charge in [-0.25, -0.2) is 4.79 Å². The smallest absolute Gasteiger partial charge is 0.315 e. The number of urea groups is 1. The molecule has 1 aromatic heterocycles. The summed E-state index contributed by atoms with van der Waals surface area (Å²) < 4.78 is 5.70. The van der Waals surface area contributed by atoms with Crippen molar-refractivity contribution < 1.29 is 14.3 Å². The summed E-state index contributed by atoms with van der Waals surface area (Å²) in [6.45, 7) is 8.82. The fourth-order valence-corrected chi connectivity index (χ4v) is 4.65. The molecule has 0 fully saturated rings. The van der Waals surface area contributed by atoms with Crippen molar-refractivity contribution >= 4 is 28.5 Å². The van der Waals surface area contributed by atoms with Crippen LogP contribution in [0.15, 0.2) is 54.9 Å². The zero-order valence-electron chi connectivity index (χ0n) is 20.0. The van der Waals surface area contributed by atoms with Gasteiger partial charge in [0.1, 0.15) is 5.75 Å². The predicted octanol–water partition coefficient (Wildman–Crippen LogP) is 4.61. The Balaban J connectivity index is 1.31. The Kier molecular flexibility index (Phi) is 7.30. The molecule has 4 rings (SSSR count). The van der Waals surface area contributed by atoms with E-state index in [1.165, 1.54) is 0 Å². The number of rotatable bonds is 8. The third-order valence-corrected chi connectivity index (χ3v) is 6.66. The van der Waals surface area contributed by atoms with Crippen molar-refractivity contribution in [2.45, 2.75) is 39.7 Å². The van der Waals surface area contributed by atoms with E-state index in [0.717, 1.165) is 40.7 Å². The van der Waals surface area contributed by atoms with Crippen LogP contribution in [0.5, 0.6) is 5.75 Å². The zero-order chi connectivity index (χ0) is 24.1. The summed E-state index contributed by atoms with van der Waals surface area (Å²) >= 11 is 0. The molecular weight excluding hydrogens is 428 g/mol. The van der Waals surface area contributed by atoms with Crippen LogP contribution in [-0.2, 0) is 11.3 Å². The van der Waals surface area contributed by atoms with E-state index in [0.29, 0.717) is 25.3 Å². The molecule has 7 heteroatoms. The van der Waals surface area contributed by atoms with Crippen molar-refractivity contribution in [1.82, 2.24) is 15.6 Å². The van der Waals surface area contributed by atoms with Crippen LogP contribution in [0.3, 0.4) is 0 Å². The van der Waals surface area contributed by atoms with Gasteiger partial charge in [0.2, 0.25) is 0 Å². The van der Waals surface area contributed by atoms with E-state index in [2.05, 4.69) is 53.4 Å². The fraction of sp³-hybridized carbons (Fsp3) is 0.370. The van der Waals surface area contributed by atoms with Crippen molar-refractivity contribution in [3.63, 3.8) is 0 Å². The van der Waals surface area contributed by atoms with Crippen molar-refractivity contribution in [1.29, 1.82) is 0 Å². The summed E-state index contributed by atoms with van der Waals surface area (Å²) in [6.07, 6.45) is 4.10. The van der Waals surface area contributed by atoms with E-state index in [4.69, 9.17) is 4.74 Å². The summed E-state index contributed by atoms with van der Waals surface area (Å²) in [7, 11) is 0. The Hall–Kier alpha value is -3.61. The van der Waals surface area contributed by atoms with Crippen LogP contribution in [0.4, 0.5) is 10.5 Å². The van der Waals surface area contributed by atoms with Crippen LogP contribution in [0.2, 0.25) is 0 Å². The van der Waals surface area contributed by atoms with Crippen LogP contribution in [0.25, 0.3) is 10.8 Å². The number of hydrogen-bond donors (Lipinski definition) is 2. The van der Waals surface area contributed by atoms with Crippen molar-refractivity contribution in [3.05, 3.63) is 66.0 Å². The number of pyridine rings is 1. The summed E-state index contributed by atoms with van der Waals surface area (Å²) in [5.74, 6) is 0.135. The Morgan fingerprint density at radius 2 is 1.88 bits per heavy atom. The molecule has 178 valence electrons. The summed E-state index contributed by atoms with van der Waals surface area (Å²) in [5, 5.41) is 7.86. The van der Waals surface area contributed by atoms with Crippen LogP contribution in [0.1, 0.15) is 44.2 Å². The highest BCUT2D eigenvalue weighted by molar-refractivity contribution is 5.85. The number of hydrogen-bond acceptors (Lipinski definition) is 5. The molecule has 0 radical (unpaired) electrons. The average molecular weight is 461 g/mol. The second-order valence-electron chi connectivity index (χ2n) is 8.63. The van der Waals surface area contributed by atoms with Gasteiger partial charge in [0.15, 0.2) is 0 Å². The SMILES string of the molecule is CCN(CC)c1ccc2c(c1)OC(=O)C(CCNC(=O)NCc1cncc3ccccc13)C2C. The first-order valence-electron chi connectivity index (χ1n) is 12.0. The number of aromatic nitrogens is 1. The Labute approximate surface area is 200 Å². The number of benzene rings is 2. The van der Waals surface area contributed by atoms with Gasteiger partial charge in [0.05, 0.1) is 5.92 Å². The second-order valence-corrected chi connectivity index (χ2v) is 8.63. The lowest BCUT2D eigenvalue weighted by Gasteiger charge is -2.31. The normalized spacial score (nSPS) is 17.1. The van der Waals surface area contributed by atoms with E-state index in [1.807, 2.05) is 36.5 Å². The number of esters is 1. The second kappa shape index (κ2) is 10.5. The lowest BCUT2D eigenvalue weighted by molar-refractivity contribution is -0.141. The molecule has 0 saturated heterocycles. The van der Waals surface area contributed by atoms with E-state index >= 15 is 0 Å². The van der Waals surface area contributed by atoms with Crippen molar-refractivity contribution in [2.75, 3.05) is 24.5 Å². The van der Waals surface area contributed by atoms with Gasteiger partial charge in [0, 0.05) is 55.7 Å². The summed E-state index contributed by atoms with van der Waals surface area (Å²) in [6, 6.07) is 13.8. The molecule has 0 aliphatic carbocycles. The molecule has 2 amide bonds. The molecule has 2 unspecified atom stereocenters. The molecule has 2 atom stereocenters. The van der Waals surface area contributed by atoms with Crippen LogP contribution in [-0.4, -0.2) is 36.6 Å². The van der Waals surface area contributed by atoms with E-state index in [9.17, 15) is 9.59 Å². The first-order chi connectivity index (χ1) is 16.5. The number of carbonyl (C=O) groups is 2. The third kappa shape index (κ3) is 4.98. The molecule has 3 aromatic rings. The van der Waals surface area contributed by atoms with E-state index in [1.54, 1.807) is 6.20 Å². The largest absolute Gasteiger partial charge is 0.426 e. The first-order valence-corrected chi connectivity index (χ1v) is 12.0. The lowest BCUT2D eigenvalue weighted by atomic mass is 9.83. The van der Waals surface area contributed by atoms with Gasteiger partial charge in [-0.05, 0) is 48.8 Å². The molecule has 34 heavy (non-hydrogen) atoms. The Morgan fingerprint density at radius 3 is 2.68 bits per heavy atom. The van der Waals surface area contributed by atoms with Gasteiger partial charge < -0.3 is 20.3 Å². The minimum atomic E-state index is -0.297. The number of nitrogens with zero attached hydrogens (tertiary/aromatic N) is 2. The maximum Gasteiger partial charge on any atom is 0.315 e. The zero-order valence-corrected chi connectivity index (χ0v) is 20.0. The van der Waals surface area contributed by atoms with Crippen LogP contribution >= 0.6 is 0 Å². The van der Waals surface area contributed by atoms with Crippen molar-refractivity contribution in [3.8, 4) is 5.75 Å². The van der Waals surface area contributed by atoms with Crippen LogP contribution in [0, 0.1) is 5.92 Å². The number of carbonyl (C=O) groups excluding carboxylic acids is 2. The Bertz CT molecular complexity index is 1170. The molecule has 0 bridgehead atoms. The highest BCUT2D eigenvalue weighted by atomic mass is 16.5. The minimum Gasteiger partial charge on any atom is -0.426 e. The fourth-order valence-electron chi connectivity index (χ4n) is 4.65. The monoisotopic (exact) mass is 460 g/mol. The van der Waals surface area contributed by atoms with Crippen molar-refractivity contribution in [2.24, 2.45) is 5.92 Å². The number of amides is 2. The third-order valence-electron chi connectivity index (χ3n) is 6.66. The van der Waals surface area contributed by atoms with Gasteiger partial charge >= 0.3 is 12.0 Å². The van der Waals surface area contributed by atoms with E-state index < -0.39 is 0 Å². The van der Waals surface area contributed by atoms with Gasteiger partial charge in [-0.1, -0.05) is 37.3 Å². The highest BCUT2D eigenvalue weighted by Crippen LogP contribution is 2.40. The maximum absolute atomic E-state index is 12.7. The van der Waals surface area contributed by atoms with E-state index in [-0.39, 0.29) is 23.8 Å². The predicted molar refractivity (Wildman–Crippen MR) is 134 cm³/mol. The summed E-state index contributed by atoms with van der Waals surface area (Å²) in [5.41, 5.74) is 3.05. The number of ether oxygens (including phenoxy) is 1. The van der Waals surface area contributed by atoms with Gasteiger partial charge in [-0.2, -0.15) is 0 Å². The quantitative estimate of drug-likeness (QED) is 0.379. The average Bonchev–Trinajstić information content (AvgIpc) is 2.85. The molecular formula is C27H32N4O3. The molecule has 0 saturated carbocycles. The molecule has 1 aliphatic heterocycles. The Morgan fingerprint density at radius 1 is 1.09 bits per heavy atom. The standard InChI is InChI=1S/C27H32N4O3/c1-4-31(5-2)21-10-11-22-18(3)23(26(32)34-25(22)14-21)12-13-29-27(33)30-17-20-16-28-15-19-8-6-7-9-24(19)20/h6-11,14-16,18,23H,4-5,12-13,17H2,1-3H3,(H2,29,30,33). The van der Waals surface area contributed by atoms with Gasteiger partial charge in [0.25, 0.3) is 0 Å². The first kappa shape index (κ1) is 23.5. The lowest BCUT2D eigenvalue weighted by Crippen LogP contribution is -2.38. The molecule has 2 heterocycles.